The summed E-state index contributed by atoms with van der Waals surface area (Å²) in [6.07, 6.45) is 2.31. The lowest BCUT2D eigenvalue weighted by molar-refractivity contribution is 0.101. The Balaban J connectivity index is 1.91. The quantitative estimate of drug-likeness (QED) is 0.787. The minimum atomic E-state index is -0.359. The predicted octanol–water partition coefficient (Wildman–Crippen LogP) is 3.76. The zero-order valence-electron chi connectivity index (χ0n) is 15.9. The molecule has 27 heavy (non-hydrogen) atoms. The van der Waals surface area contributed by atoms with E-state index >= 15 is 0 Å². The van der Waals surface area contributed by atoms with E-state index in [0.717, 1.165) is 31.6 Å². The van der Waals surface area contributed by atoms with E-state index in [-0.39, 0.29) is 11.7 Å². The molecule has 6 heteroatoms. The number of para-hydroxylation sites is 1. The van der Waals surface area contributed by atoms with Crippen molar-refractivity contribution in [3.8, 4) is 11.5 Å². The normalized spacial score (nSPS) is 13.4. The van der Waals surface area contributed by atoms with Gasteiger partial charge in [0.1, 0.15) is 0 Å². The summed E-state index contributed by atoms with van der Waals surface area (Å²) in [5.41, 5.74) is 2.33. The molecule has 1 aliphatic heterocycles. The second-order valence-electron chi connectivity index (χ2n) is 6.48. The molecule has 1 amide bonds. The maximum Gasteiger partial charge on any atom is 0.259 e. The Morgan fingerprint density at radius 3 is 2.37 bits per heavy atom. The van der Waals surface area contributed by atoms with Crippen LogP contribution in [0.1, 0.15) is 40.5 Å². The molecule has 142 valence electrons. The van der Waals surface area contributed by atoms with Crippen molar-refractivity contribution in [1.29, 1.82) is 0 Å². The van der Waals surface area contributed by atoms with Crippen LogP contribution in [0.3, 0.4) is 0 Å². The summed E-state index contributed by atoms with van der Waals surface area (Å²) >= 11 is 0. The summed E-state index contributed by atoms with van der Waals surface area (Å²) in [4.78, 5) is 27.2. The highest BCUT2D eigenvalue weighted by Gasteiger charge is 2.20. The highest BCUT2D eigenvalue weighted by atomic mass is 16.5. The van der Waals surface area contributed by atoms with Crippen LogP contribution < -0.4 is 19.7 Å². The van der Waals surface area contributed by atoms with E-state index in [9.17, 15) is 9.59 Å². The van der Waals surface area contributed by atoms with Crippen LogP contribution in [0, 0.1) is 0 Å². The molecular weight excluding hydrogens is 344 g/mol. The number of ketones is 1. The molecule has 3 rings (SSSR count). The van der Waals surface area contributed by atoms with E-state index in [1.165, 1.54) is 21.1 Å². The van der Waals surface area contributed by atoms with Crippen molar-refractivity contribution in [1.82, 2.24) is 0 Å². The zero-order valence-corrected chi connectivity index (χ0v) is 15.9. The molecule has 0 aromatic heterocycles. The molecule has 0 bridgehead atoms. The zero-order chi connectivity index (χ0) is 19.4. The Morgan fingerprint density at radius 2 is 1.74 bits per heavy atom. The van der Waals surface area contributed by atoms with Gasteiger partial charge in [0, 0.05) is 24.3 Å². The van der Waals surface area contributed by atoms with Gasteiger partial charge in [-0.3, -0.25) is 9.59 Å². The van der Waals surface area contributed by atoms with Crippen LogP contribution in [-0.2, 0) is 0 Å². The molecule has 2 aromatic rings. The molecule has 6 nitrogen and oxygen atoms in total. The molecule has 0 unspecified atom stereocenters. The third-order valence-electron chi connectivity index (χ3n) is 4.75. The average molecular weight is 368 g/mol. The summed E-state index contributed by atoms with van der Waals surface area (Å²) in [5, 5.41) is 2.84. The summed E-state index contributed by atoms with van der Waals surface area (Å²) in [7, 11) is 3.00. The number of nitrogens with zero attached hydrogens (tertiary/aromatic N) is 1. The van der Waals surface area contributed by atoms with Crippen LogP contribution >= 0.6 is 0 Å². The Bertz CT molecular complexity index is 857. The predicted molar refractivity (Wildman–Crippen MR) is 105 cm³/mol. The minimum absolute atomic E-state index is 0.0936. The van der Waals surface area contributed by atoms with Gasteiger partial charge >= 0.3 is 0 Å². The molecule has 0 radical (unpaired) electrons. The number of anilines is 2. The number of hydrogen-bond acceptors (Lipinski definition) is 5. The second-order valence-corrected chi connectivity index (χ2v) is 6.48. The van der Waals surface area contributed by atoms with Crippen molar-refractivity contribution in [3.63, 3.8) is 0 Å². The van der Waals surface area contributed by atoms with Crippen molar-refractivity contribution < 1.29 is 19.1 Å². The van der Waals surface area contributed by atoms with E-state index in [0.29, 0.717) is 28.3 Å². The Morgan fingerprint density at radius 1 is 1.00 bits per heavy atom. The number of hydrogen-bond donors (Lipinski definition) is 1. The summed E-state index contributed by atoms with van der Waals surface area (Å²) in [6, 6.07) is 10.7. The molecule has 0 atom stereocenters. The molecule has 0 saturated carbocycles. The number of benzene rings is 2. The van der Waals surface area contributed by atoms with Gasteiger partial charge in [-0.05, 0) is 50.1 Å². The van der Waals surface area contributed by atoms with Crippen LogP contribution in [0.5, 0.6) is 11.5 Å². The van der Waals surface area contributed by atoms with E-state index in [4.69, 9.17) is 9.47 Å². The largest absolute Gasteiger partial charge is 0.493 e. The standard InChI is InChI=1S/C21H24N2O4/c1-14(24)17-13-15(23-11-4-5-12-23)9-10-18(17)22-21(25)16-7-6-8-19(26-2)20(16)27-3/h6-10,13H,4-5,11-12H2,1-3H3,(H,22,25). The van der Waals surface area contributed by atoms with Crippen LogP contribution in [0.4, 0.5) is 11.4 Å². The fourth-order valence-corrected chi connectivity index (χ4v) is 3.36. The third-order valence-corrected chi connectivity index (χ3v) is 4.75. The first-order valence-electron chi connectivity index (χ1n) is 8.97. The summed E-state index contributed by atoms with van der Waals surface area (Å²) in [6.45, 7) is 3.49. The first kappa shape index (κ1) is 18.8. The number of carbonyl (C=O) groups excluding carboxylic acids is 2. The van der Waals surface area contributed by atoms with Gasteiger partial charge in [-0.25, -0.2) is 0 Å². The lowest BCUT2D eigenvalue weighted by Crippen LogP contribution is -2.19. The van der Waals surface area contributed by atoms with Crippen LogP contribution in [0.2, 0.25) is 0 Å². The van der Waals surface area contributed by atoms with Gasteiger partial charge in [-0.15, -0.1) is 0 Å². The van der Waals surface area contributed by atoms with Gasteiger partial charge in [-0.1, -0.05) is 6.07 Å². The Hall–Kier alpha value is -3.02. The molecule has 1 heterocycles. The van der Waals surface area contributed by atoms with Gasteiger partial charge in [0.05, 0.1) is 25.5 Å². The lowest BCUT2D eigenvalue weighted by Gasteiger charge is -2.20. The molecule has 0 aliphatic carbocycles. The fourth-order valence-electron chi connectivity index (χ4n) is 3.36. The van der Waals surface area contributed by atoms with E-state index in [2.05, 4.69) is 10.2 Å². The highest BCUT2D eigenvalue weighted by Crippen LogP contribution is 2.32. The van der Waals surface area contributed by atoms with Gasteiger partial charge in [0.15, 0.2) is 17.3 Å². The van der Waals surface area contributed by atoms with Crippen molar-refractivity contribution in [2.45, 2.75) is 19.8 Å². The van der Waals surface area contributed by atoms with Crippen LogP contribution in [0.25, 0.3) is 0 Å². The van der Waals surface area contributed by atoms with Crippen molar-refractivity contribution >= 4 is 23.1 Å². The molecule has 0 spiro atoms. The van der Waals surface area contributed by atoms with Crippen molar-refractivity contribution in [3.05, 3.63) is 47.5 Å². The minimum Gasteiger partial charge on any atom is -0.493 e. The molecule has 1 fully saturated rings. The van der Waals surface area contributed by atoms with Gasteiger partial charge in [0.2, 0.25) is 0 Å². The summed E-state index contributed by atoms with van der Waals surface area (Å²) < 4.78 is 10.6. The monoisotopic (exact) mass is 368 g/mol. The number of Topliss-reactive ketones (excluding diaryl/α,β-unsaturated/α-hetero) is 1. The number of amides is 1. The highest BCUT2D eigenvalue weighted by molar-refractivity contribution is 6.10. The average Bonchev–Trinajstić information content (AvgIpc) is 3.22. The van der Waals surface area contributed by atoms with E-state index < -0.39 is 0 Å². The SMILES string of the molecule is COc1cccc(C(=O)Nc2ccc(N3CCCC3)cc2C(C)=O)c1OC. The molecule has 1 N–H and O–H groups in total. The third kappa shape index (κ3) is 3.89. The van der Waals surface area contributed by atoms with Crippen molar-refractivity contribution in [2.75, 3.05) is 37.5 Å². The molecule has 1 aliphatic rings. The maximum atomic E-state index is 12.8. The first-order chi connectivity index (χ1) is 13.0. The Kier molecular flexibility index (Phi) is 5.64. The number of rotatable bonds is 6. The van der Waals surface area contributed by atoms with Crippen LogP contribution in [0.15, 0.2) is 36.4 Å². The maximum absolute atomic E-state index is 12.8. The smallest absolute Gasteiger partial charge is 0.259 e. The number of methoxy groups -OCH3 is 2. The lowest BCUT2D eigenvalue weighted by atomic mass is 10.1. The molecular formula is C21H24N2O4. The number of nitrogens with one attached hydrogen (secondary N) is 1. The first-order valence-corrected chi connectivity index (χ1v) is 8.97. The van der Waals surface area contributed by atoms with Gasteiger partial charge in [0.25, 0.3) is 5.91 Å². The summed E-state index contributed by atoms with van der Waals surface area (Å²) in [5.74, 6) is 0.378. The second kappa shape index (κ2) is 8.12. The molecule has 1 saturated heterocycles. The fraction of sp³-hybridized carbons (Fsp3) is 0.333. The topological polar surface area (TPSA) is 67.9 Å². The van der Waals surface area contributed by atoms with Crippen molar-refractivity contribution in [2.24, 2.45) is 0 Å². The van der Waals surface area contributed by atoms with E-state index in [1.807, 2.05) is 12.1 Å². The van der Waals surface area contributed by atoms with Crippen LogP contribution in [-0.4, -0.2) is 39.0 Å². The molecule has 2 aromatic carbocycles. The number of ether oxygens (including phenoxy) is 2. The Labute approximate surface area is 159 Å². The number of carbonyl (C=O) groups is 2. The van der Waals surface area contributed by atoms with E-state index in [1.54, 1.807) is 24.3 Å². The van der Waals surface area contributed by atoms with Gasteiger partial charge in [-0.2, -0.15) is 0 Å². The van der Waals surface area contributed by atoms with Gasteiger partial charge < -0.3 is 19.7 Å².